The summed E-state index contributed by atoms with van der Waals surface area (Å²) in [7, 11) is 0. The van der Waals surface area contributed by atoms with Crippen molar-refractivity contribution in [3.8, 4) is 0 Å². The Morgan fingerprint density at radius 3 is 1.76 bits per heavy atom. The fourth-order valence-corrected chi connectivity index (χ4v) is 2.34. The molecule has 1 aliphatic rings. The van der Waals surface area contributed by atoms with Gasteiger partial charge in [-0.2, -0.15) is 0 Å². The molecule has 0 aromatic carbocycles. The van der Waals surface area contributed by atoms with Crippen LogP contribution in [0.3, 0.4) is 0 Å². The zero-order valence-corrected chi connectivity index (χ0v) is 13.1. The highest BCUT2D eigenvalue weighted by atomic mass is 15.0. The Balaban J connectivity index is 2.51. The van der Waals surface area contributed by atoms with Gasteiger partial charge in [-0.15, -0.1) is 0 Å². The molecule has 0 radical (unpaired) electrons. The molecule has 0 aliphatic heterocycles. The molecule has 1 heteroatoms. The smallest absolute Gasteiger partial charge is 0.00967 e. The summed E-state index contributed by atoms with van der Waals surface area (Å²) in [6.07, 6.45) is 5.61. The van der Waals surface area contributed by atoms with E-state index < -0.39 is 0 Å². The van der Waals surface area contributed by atoms with Crippen LogP contribution in [0.15, 0.2) is 0 Å². The van der Waals surface area contributed by atoms with Gasteiger partial charge in [0, 0.05) is 12.1 Å². The van der Waals surface area contributed by atoms with Crippen LogP contribution in [0.4, 0.5) is 0 Å². The highest BCUT2D eigenvalue weighted by Crippen LogP contribution is 2.49. The van der Waals surface area contributed by atoms with Crippen LogP contribution < -0.4 is 5.32 Å². The maximum atomic E-state index is 3.72. The Hall–Kier alpha value is -0.0400. The van der Waals surface area contributed by atoms with Gasteiger partial charge in [0.25, 0.3) is 0 Å². The minimum absolute atomic E-state index is 0.248. The average molecular weight is 239 g/mol. The van der Waals surface area contributed by atoms with Gasteiger partial charge in [0.05, 0.1) is 0 Å². The van der Waals surface area contributed by atoms with Crippen molar-refractivity contribution in [2.75, 3.05) is 6.54 Å². The second-order valence-electron chi connectivity index (χ2n) is 8.59. The van der Waals surface area contributed by atoms with E-state index in [-0.39, 0.29) is 5.54 Å². The molecule has 1 nitrogen and oxygen atoms in total. The summed E-state index contributed by atoms with van der Waals surface area (Å²) >= 11 is 0. The average Bonchev–Trinajstić information content (AvgIpc) is 2.92. The Bertz CT molecular complexity index is 219. The Morgan fingerprint density at radius 2 is 1.41 bits per heavy atom. The van der Waals surface area contributed by atoms with Crippen molar-refractivity contribution in [3.05, 3.63) is 0 Å². The number of hydrogen-bond acceptors (Lipinski definition) is 1. The van der Waals surface area contributed by atoms with Crippen LogP contribution in [0.25, 0.3) is 0 Å². The first-order chi connectivity index (χ1) is 7.52. The topological polar surface area (TPSA) is 12.0 Å². The molecule has 1 atom stereocenters. The zero-order valence-electron chi connectivity index (χ0n) is 13.1. The first kappa shape index (κ1) is 15.0. The normalized spacial score (nSPS) is 21.4. The molecule has 0 aromatic heterocycles. The van der Waals surface area contributed by atoms with Crippen LogP contribution in [-0.2, 0) is 0 Å². The van der Waals surface area contributed by atoms with E-state index in [2.05, 4.69) is 53.8 Å². The second-order valence-corrected chi connectivity index (χ2v) is 8.59. The van der Waals surface area contributed by atoms with Crippen LogP contribution in [0.1, 0.15) is 74.1 Å². The maximum absolute atomic E-state index is 3.72. The summed E-state index contributed by atoms with van der Waals surface area (Å²) in [6.45, 7) is 17.6. The predicted octanol–water partition coefficient (Wildman–Crippen LogP) is 4.62. The van der Waals surface area contributed by atoms with Gasteiger partial charge in [-0.3, -0.25) is 0 Å². The van der Waals surface area contributed by atoms with Crippen LogP contribution >= 0.6 is 0 Å². The van der Waals surface area contributed by atoms with Crippen molar-refractivity contribution >= 4 is 0 Å². The summed E-state index contributed by atoms with van der Waals surface area (Å²) in [4.78, 5) is 0. The first-order valence-electron chi connectivity index (χ1n) is 7.27. The lowest BCUT2D eigenvalue weighted by molar-refractivity contribution is 0.180. The molecule has 1 saturated carbocycles. The molecular weight excluding hydrogens is 206 g/mol. The Morgan fingerprint density at radius 1 is 0.882 bits per heavy atom. The van der Waals surface area contributed by atoms with E-state index in [1.165, 1.54) is 32.2 Å². The van der Waals surface area contributed by atoms with Gasteiger partial charge in [-0.25, -0.2) is 0 Å². The van der Waals surface area contributed by atoms with E-state index in [1.807, 2.05) is 0 Å². The Kier molecular flexibility index (Phi) is 4.34. The molecule has 0 spiro atoms. The summed E-state index contributed by atoms with van der Waals surface area (Å²) in [5, 5.41) is 3.72. The quantitative estimate of drug-likeness (QED) is 0.738. The van der Waals surface area contributed by atoms with E-state index in [0.29, 0.717) is 10.8 Å². The number of hydrogen-bond donors (Lipinski definition) is 1. The van der Waals surface area contributed by atoms with Crippen LogP contribution in [-0.4, -0.2) is 12.1 Å². The van der Waals surface area contributed by atoms with Gasteiger partial charge in [0.2, 0.25) is 0 Å². The molecule has 0 amide bonds. The van der Waals surface area contributed by atoms with Gasteiger partial charge in [0.1, 0.15) is 0 Å². The zero-order chi connectivity index (χ0) is 13.3. The lowest BCUT2D eigenvalue weighted by Gasteiger charge is -2.36. The largest absolute Gasteiger partial charge is 0.312 e. The monoisotopic (exact) mass is 239 g/mol. The van der Waals surface area contributed by atoms with Crippen molar-refractivity contribution in [1.29, 1.82) is 0 Å². The fraction of sp³-hybridized carbons (Fsp3) is 1.00. The van der Waals surface area contributed by atoms with Gasteiger partial charge >= 0.3 is 0 Å². The van der Waals surface area contributed by atoms with Gasteiger partial charge in [-0.05, 0) is 63.2 Å². The lowest BCUT2D eigenvalue weighted by atomic mass is 9.75. The summed E-state index contributed by atoms with van der Waals surface area (Å²) in [5.41, 5.74) is 1.23. The third kappa shape index (κ3) is 5.90. The van der Waals surface area contributed by atoms with Crippen molar-refractivity contribution in [2.24, 2.45) is 16.7 Å². The molecule has 0 aromatic rings. The molecule has 0 heterocycles. The molecule has 0 saturated heterocycles. The second kappa shape index (κ2) is 4.91. The molecule has 1 fully saturated rings. The predicted molar refractivity (Wildman–Crippen MR) is 77.3 cm³/mol. The highest BCUT2D eigenvalue weighted by molar-refractivity contribution is 4.94. The first-order valence-corrected chi connectivity index (χ1v) is 7.27. The summed E-state index contributed by atoms with van der Waals surface area (Å²) < 4.78 is 0. The van der Waals surface area contributed by atoms with Gasteiger partial charge in [-0.1, -0.05) is 27.7 Å². The molecule has 102 valence electrons. The van der Waals surface area contributed by atoms with Crippen molar-refractivity contribution in [2.45, 2.75) is 79.7 Å². The maximum Gasteiger partial charge on any atom is 0.00967 e. The van der Waals surface area contributed by atoms with E-state index in [0.717, 1.165) is 5.92 Å². The van der Waals surface area contributed by atoms with Crippen LogP contribution in [0.2, 0.25) is 0 Å². The van der Waals surface area contributed by atoms with Crippen molar-refractivity contribution in [1.82, 2.24) is 5.32 Å². The molecular formula is C16H33N. The number of nitrogens with one attached hydrogen (secondary N) is 1. The molecule has 1 aliphatic carbocycles. The van der Waals surface area contributed by atoms with Crippen LogP contribution in [0.5, 0.6) is 0 Å². The van der Waals surface area contributed by atoms with Crippen molar-refractivity contribution in [3.63, 3.8) is 0 Å². The third-order valence-corrected chi connectivity index (χ3v) is 4.03. The molecule has 0 bridgehead atoms. The van der Waals surface area contributed by atoms with E-state index in [9.17, 15) is 0 Å². The van der Waals surface area contributed by atoms with E-state index in [1.54, 1.807) is 0 Å². The third-order valence-electron chi connectivity index (χ3n) is 4.03. The Labute approximate surface area is 109 Å². The minimum Gasteiger partial charge on any atom is -0.312 e. The van der Waals surface area contributed by atoms with E-state index in [4.69, 9.17) is 0 Å². The lowest BCUT2D eigenvalue weighted by Crippen LogP contribution is -2.44. The van der Waals surface area contributed by atoms with Gasteiger partial charge in [0.15, 0.2) is 0 Å². The van der Waals surface area contributed by atoms with Crippen LogP contribution in [0, 0.1) is 16.7 Å². The summed E-state index contributed by atoms with van der Waals surface area (Å²) in [6, 6.07) is 0. The highest BCUT2D eigenvalue weighted by Gasteiger charge is 2.41. The number of rotatable bonds is 5. The van der Waals surface area contributed by atoms with Crippen molar-refractivity contribution < 1.29 is 0 Å². The molecule has 17 heavy (non-hydrogen) atoms. The standard InChI is InChI=1S/C16H33N/c1-14(2,3)10-11-16(7,13-8-9-13)12-17-15(4,5)6/h13,17H,8-12H2,1-7H3. The summed E-state index contributed by atoms with van der Waals surface area (Å²) in [5.74, 6) is 0.972. The van der Waals surface area contributed by atoms with E-state index >= 15 is 0 Å². The van der Waals surface area contributed by atoms with Gasteiger partial charge < -0.3 is 5.32 Å². The minimum atomic E-state index is 0.248. The molecule has 1 unspecified atom stereocenters. The molecule has 1 rings (SSSR count). The molecule has 1 N–H and O–H groups in total. The fourth-order valence-electron chi connectivity index (χ4n) is 2.34. The SMILES string of the molecule is CC(C)(C)CCC(C)(CNC(C)(C)C)C1CC1.